The molecule has 0 unspecified atom stereocenters. The highest BCUT2D eigenvalue weighted by Crippen LogP contribution is 2.17. The number of morpholine rings is 1. The summed E-state index contributed by atoms with van der Waals surface area (Å²) in [6, 6.07) is 0. The van der Waals surface area contributed by atoms with E-state index in [1.807, 2.05) is 0 Å². The zero-order valence-corrected chi connectivity index (χ0v) is 8.85. The lowest BCUT2D eigenvalue weighted by Crippen LogP contribution is -2.45. The summed E-state index contributed by atoms with van der Waals surface area (Å²) in [5, 5.41) is 2.49. The maximum Gasteiger partial charge on any atom is 0.390 e. The summed E-state index contributed by atoms with van der Waals surface area (Å²) in [5.41, 5.74) is 0. The molecule has 0 spiro atoms. The van der Waals surface area contributed by atoms with E-state index in [1.54, 1.807) is 4.90 Å². The Morgan fingerprint density at radius 2 is 1.94 bits per heavy atom. The van der Waals surface area contributed by atoms with Crippen molar-refractivity contribution in [2.75, 3.05) is 39.4 Å². The zero-order chi connectivity index (χ0) is 12.0. The van der Waals surface area contributed by atoms with Crippen molar-refractivity contribution < 1.29 is 22.7 Å². The molecule has 0 aromatic heterocycles. The largest absolute Gasteiger partial charge is 0.390 e. The number of ether oxygens (including phenoxy) is 1. The number of carbonyl (C=O) groups is 1. The van der Waals surface area contributed by atoms with Gasteiger partial charge in [-0.25, -0.2) is 0 Å². The minimum Gasteiger partial charge on any atom is -0.378 e. The Balaban J connectivity index is 2.10. The quantitative estimate of drug-likeness (QED) is 0.723. The molecule has 1 aliphatic heterocycles. The van der Waals surface area contributed by atoms with Crippen molar-refractivity contribution in [2.45, 2.75) is 12.6 Å². The fraction of sp³-hybridized carbons (Fsp3) is 0.889. The smallest absolute Gasteiger partial charge is 0.378 e. The summed E-state index contributed by atoms with van der Waals surface area (Å²) >= 11 is 0. The van der Waals surface area contributed by atoms with Gasteiger partial charge in [0.25, 0.3) is 0 Å². The van der Waals surface area contributed by atoms with Gasteiger partial charge in [-0.15, -0.1) is 0 Å². The third-order valence-electron chi connectivity index (χ3n) is 2.23. The number of carbonyl (C=O) groups excluding carboxylic acids is 1. The van der Waals surface area contributed by atoms with Crippen molar-refractivity contribution in [3.8, 4) is 0 Å². The van der Waals surface area contributed by atoms with E-state index in [0.717, 1.165) is 0 Å². The van der Waals surface area contributed by atoms with E-state index in [0.29, 0.717) is 26.3 Å². The van der Waals surface area contributed by atoms with E-state index >= 15 is 0 Å². The summed E-state index contributed by atoms with van der Waals surface area (Å²) < 4.78 is 40.4. The number of halogens is 3. The van der Waals surface area contributed by atoms with E-state index in [4.69, 9.17) is 4.74 Å². The molecule has 1 aliphatic rings. The molecule has 1 rings (SSSR count). The van der Waals surface area contributed by atoms with Gasteiger partial charge in [-0.2, -0.15) is 13.2 Å². The van der Waals surface area contributed by atoms with Crippen LogP contribution in [0.25, 0.3) is 0 Å². The number of hydrogen-bond acceptors (Lipinski definition) is 3. The highest BCUT2D eigenvalue weighted by molar-refractivity contribution is 5.78. The van der Waals surface area contributed by atoms with Crippen LogP contribution in [0.1, 0.15) is 6.42 Å². The minimum absolute atomic E-state index is 0.0456. The molecular weight excluding hydrogens is 225 g/mol. The van der Waals surface area contributed by atoms with Gasteiger partial charge in [0.05, 0.1) is 26.2 Å². The number of rotatable bonds is 4. The van der Waals surface area contributed by atoms with Crippen molar-refractivity contribution in [3.63, 3.8) is 0 Å². The third-order valence-corrected chi connectivity index (χ3v) is 2.23. The summed E-state index contributed by atoms with van der Waals surface area (Å²) in [6.07, 6.45) is -5.08. The fourth-order valence-electron chi connectivity index (χ4n) is 1.35. The normalized spacial score (nSPS) is 17.6. The van der Waals surface area contributed by atoms with Crippen molar-refractivity contribution in [2.24, 2.45) is 0 Å². The second kappa shape index (κ2) is 6.05. The fourth-order valence-corrected chi connectivity index (χ4v) is 1.35. The summed E-state index contributed by atoms with van der Waals surface area (Å²) in [4.78, 5) is 13.0. The van der Waals surface area contributed by atoms with Crippen LogP contribution in [-0.4, -0.2) is 56.4 Å². The van der Waals surface area contributed by atoms with E-state index < -0.39 is 12.6 Å². The van der Waals surface area contributed by atoms with E-state index in [-0.39, 0.29) is 19.0 Å². The Kier molecular flexibility index (Phi) is 5.01. The van der Waals surface area contributed by atoms with Crippen molar-refractivity contribution in [3.05, 3.63) is 0 Å². The van der Waals surface area contributed by atoms with Gasteiger partial charge < -0.3 is 15.0 Å². The van der Waals surface area contributed by atoms with Gasteiger partial charge in [0.15, 0.2) is 0 Å². The minimum atomic E-state index is -4.17. The molecule has 0 aliphatic carbocycles. The summed E-state index contributed by atoms with van der Waals surface area (Å²) in [7, 11) is 0. The Morgan fingerprint density at radius 3 is 2.50 bits per heavy atom. The first-order valence-electron chi connectivity index (χ1n) is 5.12. The van der Waals surface area contributed by atoms with Crippen LogP contribution in [-0.2, 0) is 9.53 Å². The standard InChI is InChI=1S/C9H15F3N2O2/c10-9(11,12)1-2-13-7-8(15)14-3-5-16-6-4-14/h13H,1-7H2. The second-order valence-electron chi connectivity index (χ2n) is 3.54. The third kappa shape index (κ3) is 5.32. The Bertz CT molecular complexity index is 227. The molecule has 0 atom stereocenters. The molecule has 1 N–H and O–H groups in total. The van der Waals surface area contributed by atoms with Crippen LogP contribution in [0.2, 0.25) is 0 Å². The lowest BCUT2D eigenvalue weighted by atomic mass is 10.3. The van der Waals surface area contributed by atoms with Crippen molar-refractivity contribution >= 4 is 5.91 Å². The summed E-state index contributed by atoms with van der Waals surface area (Å²) in [6.45, 7) is 1.75. The molecule has 4 nitrogen and oxygen atoms in total. The van der Waals surface area contributed by atoms with Gasteiger partial charge in [-0.05, 0) is 0 Å². The molecule has 1 saturated heterocycles. The number of amides is 1. The molecule has 1 amide bonds. The predicted octanol–water partition coefficient (Wildman–Crippen LogP) is 0.387. The van der Waals surface area contributed by atoms with Crippen LogP contribution < -0.4 is 5.32 Å². The van der Waals surface area contributed by atoms with Gasteiger partial charge in [0, 0.05) is 19.6 Å². The highest BCUT2D eigenvalue weighted by atomic mass is 19.4. The maximum absolute atomic E-state index is 11.8. The highest BCUT2D eigenvalue weighted by Gasteiger charge is 2.26. The predicted molar refractivity (Wildman–Crippen MR) is 50.9 cm³/mol. The molecule has 7 heteroatoms. The Morgan fingerprint density at radius 1 is 1.31 bits per heavy atom. The number of nitrogens with one attached hydrogen (secondary N) is 1. The number of hydrogen-bond donors (Lipinski definition) is 1. The first-order chi connectivity index (χ1) is 7.49. The Labute approximate surface area is 91.7 Å². The van der Waals surface area contributed by atoms with Crippen LogP contribution >= 0.6 is 0 Å². The lowest BCUT2D eigenvalue weighted by molar-refractivity contribution is -0.137. The Hall–Kier alpha value is -0.820. The van der Waals surface area contributed by atoms with Crippen LogP contribution in [0.5, 0.6) is 0 Å². The number of nitrogens with zero attached hydrogens (tertiary/aromatic N) is 1. The van der Waals surface area contributed by atoms with Crippen LogP contribution in [0.15, 0.2) is 0 Å². The molecule has 0 aromatic rings. The topological polar surface area (TPSA) is 41.6 Å². The van der Waals surface area contributed by atoms with Gasteiger partial charge in [-0.1, -0.05) is 0 Å². The van der Waals surface area contributed by atoms with Crippen LogP contribution in [0.4, 0.5) is 13.2 Å². The lowest BCUT2D eigenvalue weighted by Gasteiger charge is -2.26. The molecule has 0 aromatic carbocycles. The maximum atomic E-state index is 11.8. The van der Waals surface area contributed by atoms with Gasteiger partial charge in [0.1, 0.15) is 0 Å². The van der Waals surface area contributed by atoms with Crippen molar-refractivity contribution in [1.29, 1.82) is 0 Å². The molecule has 16 heavy (non-hydrogen) atoms. The zero-order valence-electron chi connectivity index (χ0n) is 8.85. The molecular formula is C9H15F3N2O2. The molecule has 1 fully saturated rings. The second-order valence-corrected chi connectivity index (χ2v) is 3.54. The van der Waals surface area contributed by atoms with Crippen LogP contribution in [0, 0.1) is 0 Å². The van der Waals surface area contributed by atoms with E-state index in [9.17, 15) is 18.0 Å². The van der Waals surface area contributed by atoms with Crippen LogP contribution in [0.3, 0.4) is 0 Å². The van der Waals surface area contributed by atoms with Gasteiger partial charge in [0.2, 0.25) is 5.91 Å². The molecule has 0 saturated carbocycles. The van der Waals surface area contributed by atoms with Gasteiger partial charge in [-0.3, -0.25) is 4.79 Å². The SMILES string of the molecule is O=C(CNCCC(F)(F)F)N1CCOCC1. The number of alkyl halides is 3. The monoisotopic (exact) mass is 240 g/mol. The molecule has 1 heterocycles. The van der Waals surface area contributed by atoms with Gasteiger partial charge >= 0.3 is 6.18 Å². The first kappa shape index (κ1) is 13.2. The van der Waals surface area contributed by atoms with Crippen molar-refractivity contribution in [1.82, 2.24) is 10.2 Å². The average Bonchev–Trinajstić information content (AvgIpc) is 2.24. The first-order valence-corrected chi connectivity index (χ1v) is 5.12. The van der Waals surface area contributed by atoms with E-state index in [2.05, 4.69) is 5.32 Å². The average molecular weight is 240 g/mol. The molecule has 0 radical (unpaired) electrons. The molecule has 94 valence electrons. The van der Waals surface area contributed by atoms with E-state index in [1.165, 1.54) is 0 Å². The summed E-state index contributed by atoms with van der Waals surface area (Å²) in [5.74, 6) is -0.175. The molecule has 0 bridgehead atoms.